The number of hydrogen-bond acceptors (Lipinski definition) is 3. The van der Waals surface area contributed by atoms with Crippen molar-refractivity contribution in [2.24, 2.45) is 16.3 Å². The summed E-state index contributed by atoms with van der Waals surface area (Å²) < 4.78 is 51.6. The van der Waals surface area contributed by atoms with Crippen molar-refractivity contribution >= 4 is 12.1 Å². The van der Waals surface area contributed by atoms with Gasteiger partial charge in [-0.15, -0.1) is 0 Å². The highest BCUT2D eigenvalue weighted by Crippen LogP contribution is 2.44. The molecule has 3 aliphatic heterocycles. The van der Waals surface area contributed by atoms with Crippen LogP contribution >= 0.6 is 0 Å². The lowest BCUT2D eigenvalue weighted by Crippen LogP contribution is -2.45. The fraction of sp³-hybridized carbons (Fsp3) is 0.714. The number of fused-ring (bicyclic) bond motifs is 1. The van der Waals surface area contributed by atoms with E-state index in [-0.39, 0.29) is 18.5 Å². The molecule has 1 amide bonds. The maximum absolute atomic E-state index is 13.3. The second-order valence-electron chi connectivity index (χ2n) is 6.46. The van der Waals surface area contributed by atoms with Crippen LogP contribution in [0.1, 0.15) is 19.8 Å². The van der Waals surface area contributed by atoms with Gasteiger partial charge in [0.15, 0.2) is 0 Å². The highest BCUT2D eigenvalue weighted by atomic mass is 19.4. The van der Waals surface area contributed by atoms with Gasteiger partial charge in [-0.3, -0.25) is 14.8 Å². The molecule has 122 valence electrons. The first kappa shape index (κ1) is 15.5. The SMILES string of the molecule is CC1(CC(F)(F)F)CN2CC[C@@H](C3C=C(F)C=NC3)N2C1=O. The zero-order chi connectivity index (χ0) is 16.1. The topological polar surface area (TPSA) is 35.9 Å². The molecule has 0 aromatic heterocycles. The maximum Gasteiger partial charge on any atom is 0.390 e. The van der Waals surface area contributed by atoms with E-state index in [0.717, 1.165) is 6.21 Å². The van der Waals surface area contributed by atoms with Crippen LogP contribution in [0.15, 0.2) is 16.9 Å². The number of hydrazine groups is 1. The molecule has 0 saturated carbocycles. The van der Waals surface area contributed by atoms with Gasteiger partial charge in [0.1, 0.15) is 5.83 Å². The minimum Gasteiger partial charge on any atom is -0.289 e. The molecule has 0 N–H and O–H groups in total. The Hall–Kier alpha value is -1.44. The minimum absolute atomic E-state index is 0.0596. The molecule has 4 nitrogen and oxygen atoms in total. The number of nitrogens with zero attached hydrogens (tertiary/aromatic N) is 3. The van der Waals surface area contributed by atoms with Crippen LogP contribution in [0.5, 0.6) is 0 Å². The third-order valence-corrected chi connectivity index (χ3v) is 4.55. The van der Waals surface area contributed by atoms with Gasteiger partial charge in [0, 0.05) is 25.6 Å². The fourth-order valence-corrected chi connectivity index (χ4v) is 3.67. The molecule has 3 rings (SSSR count). The van der Waals surface area contributed by atoms with Crippen molar-refractivity contribution in [3.05, 3.63) is 11.9 Å². The minimum atomic E-state index is -4.39. The van der Waals surface area contributed by atoms with Gasteiger partial charge in [0.2, 0.25) is 5.91 Å². The average Bonchev–Trinajstić information content (AvgIpc) is 2.87. The van der Waals surface area contributed by atoms with E-state index in [4.69, 9.17) is 0 Å². The van der Waals surface area contributed by atoms with Crippen LogP contribution < -0.4 is 0 Å². The normalized spacial score (nSPS) is 36.0. The van der Waals surface area contributed by atoms with E-state index in [1.54, 1.807) is 5.01 Å². The van der Waals surface area contributed by atoms with E-state index in [0.29, 0.717) is 19.5 Å². The molecule has 2 fully saturated rings. The molecule has 22 heavy (non-hydrogen) atoms. The summed E-state index contributed by atoms with van der Waals surface area (Å²) in [6.07, 6.45) is -2.36. The van der Waals surface area contributed by atoms with Crippen LogP contribution in [0.4, 0.5) is 17.6 Å². The molecule has 8 heteroatoms. The Kier molecular flexibility index (Phi) is 3.54. The third kappa shape index (κ3) is 2.64. The van der Waals surface area contributed by atoms with E-state index in [9.17, 15) is 22.4 Å². The Morgan fingerprint density at radius 2 is 2.18 bits per heavy atom. The van der Waals surface area contributed by atoms with Crippen LogP contribution in [-0.4, -0.2) is 54.0 Å². The second kappa shape index (κ2) is 5.04. The standard InChI is InChI=1S/C14H17F4N3O/c1-13(7-14(16,17)18)8-20-3-2-11(21(20)12(13)22)9-4-10(15)6-19-5-9/h4,6,9,11H,2-3,5,7-8H2,1H3/t9?,11-,13?/m0/s1. The number of hydrogen-bond donors (Lipinski definition) is 0. The second-order valence-corrected chi connectivity index (χ2v) is 6.46. The van der Waals surface area contributed by atoms with Crippen molar-refractivity contribution in [2.75, 3.05) is 19.6 Å². The molecule has 0 bridgehead atoms. The molecule has 2 unspecified atom stereocenters. The summed E-state index contributed by atoms with van der Waals surface area (Å²) in [6, 6.07) is -0.314. The van der Waals surface area contributed by atoms with E-state index in [1.165, 1.54) is 18.0 Å². The summed E-state index contributed by atoms with van der Waals surface area (Å²) >= 11 is 0. The largest absolute Gasteiger partial charge is 0.390 e. The van der Waals surface area contributed by atoms with E-state index in [2.05, 4.69) is 4.99 Å². The Morgan fingerprint density at radius 1 is 1.45 bits per heavy atom. The number of allylic oxidation sites excluding steroid dienone is 1. The lowest BCUT2D eigenvalue weighted by molar-refractivity contribution is -0.166. The van der Waals surface area contributed by atoms with Crippen LogP contribution in [0.25, 0.3) is 0 Å². The maximum atomic E-state index is 13.3. The first-order valence-corrected chi connectivity index (χ1v) is 7.22. The molecule has 0 aromatic carbocycles. The molecule has 3 atom stereocenters. The molecule has 2 saturated heterocycles. The lowest BCUT2D eigenvalue weighted by atomic mass is 9.85. The highest BCUT2D eigenvalue weighted by Gasteiger charge is 2.57. The first-order chi connectivity index (χ1) is 10.2. The summed E-state index contributed by atoms with van der Waals surface area (Å²) in [6.45, 7) is 2.28. The zero-order valence-electron chi connectivity index (χ0n) is 12.1. The van der Waals surface area contributed by atoms with E-state index >= 15 is 0 Å². The van der Waals surface area contributed by atoms with Crippen molar-refractivity contribution in [2.45, 2.75) is 32.0 Å². The number of amides is 1. The monoisotopic (exact) mass is 319 g/mol. The number of rotatable bonds is 2. The quantitative estimate of drug-likeness (QED) is 0.733. The van der Waals surface area contributed by atoms with Crippen molar-refractivity contribution < 1.29 is 22.4 Å². The Bertz CT molecular complexity index is 545. The molecule has 3 heterocycles. The van der Waals surface area contributed by atoms with Gasteiger partial charge in [-0.25, -0.2) is 9.40 Å². The van der Waals surface area contributed by atoms with Crippen LogP contribution in [0.2, 0.25) is 0 Å². The van der Waals surface area contributed by atoms with Crippen LogP contribution in [-0.2, 0) is 4.79 Å². The predicted molar refractivity (Wildman–Crippen MR) is 71.6 cm³/mol. The third-order valence-electron chi connectivity index (χ3n) is 4.55. The van der Waals surface area contributed by atoms with Gasteiger partial charge in [0.05, 0.1) is 24.1 Å². The van der Waals surface area contributed by atoms with E-state index in [1.807, 2.05) is 0 Å². The molecular weight excluding hydrogens is 302 g/mol. The number of carbonyl (C=O) groups excluding carboxylic acids is 1. The Balaban J connectivity index is 1.80. The number of aliphatic imine (C=N–C) groups is 1. The summed E-state index contributed by atoms with van der Waals surface area (Å²) in [5, 5.41) is 3.09. The molecule has 0 aliphatic carbocycles. The van der Waals surface area contributed by atoms with Gasteiger partial charge in [-0.05, 0) is 19.4 Å². The van der Waals surface area contributed by atoms with Crippen LogP contribution in [0, 0.1) is 11.3 Å². The highest BCUT2D eigenvalue weighted by molar-refractivity contribution is 5.85. The summed E-state index contributed by atoms with van der Waals surface area (Å²) in [7, 11) is 0. The summed E-state index contributed by atoms with van der Waals surface area (Å²) in [5.41, 5.74) is -1.46. The van der Waals surface area contributed by atoms with Crippen molar-refractivity contribution in [1.82, 2.24) is 10.0 Å². The number of dihydropyridines is 1. The summed E-state index contributed by atoms with van der Waals surface area (Å²) in [5.74, 6) is -1.26. The Morgan fingerprint density at radius 3 is 2.82 bits per heavy atom. The smallest absolute Gasteiger partial charge is 0.289 e. The summed E-state index contributed by atoms with van der Waals surface area (Å²) in [4.78, 5) is 16.5. The fourth-order valence-electron chi connectivity index (χ4n) is 3.67. The first-order valence-electron chi connectivity index (χ1n) is 7.22. The molecular formula is C14H17F4N3O. The number of alkyl halides is 3. The van der Waals surface area contributed by atoms with Crippen molar-refractivity contribution in [3.63, 3.8) is 0 Å². The van der Waals surface area contributed by atoms with Gasteiger partial charge >= 0.3 is 6.18 Å². The van der Waals surface area contributed by atoms with Crippen LogP contribution in [0.3, 0.4) is 0 Å². The van der Waals surface area contributed by atoms with Gasteiger partial charge in [0.25, 0.3) is 0 Å². The molecule has 3 aliphatic rings. The number of halogens is 4. The zero-order valence-corrected chi connectivity index (χ0v) is 12.1. The van der Waals surface area contributed by atoms with E-state index < -0.39 is 29.7 Å². The van der Waals surface area contributed by atoms with Crippen molar-refractivity contribution in [3.8, 4) is 0 Å². The van der Waals surface area contributed by atoms with Gasteiger partial charge in [-0.1, -0.05) is 0 Å². The number of carbonyl (C=O) groups is 1. The van der Waals surface area contributed by atoms with Gasteiger partial charge < -0.3 is 0 Å². The average molecular weight is 319 g/mol. The van der Waals surface area contributed by atoms with Crippen molar-refractivity contribution in [1.29, 1.82) is 0 Å². The molecule has 0 radical (unpaired) electrons. The molecule has 0 aromatic rings. The Labute approximate surface area is 125 Å². The predicted octanol–water partition coefficient (Wildman–Crippen LogP) is 2.33. The lowest BCUT2D eigenvalue weighted by Gasteiger charge is -2.31. The molecule has 0 spiro atoms. The van der Waals surface area contributed by atoms with Gasteiger partial charge in [-0.2, -0.15) is 13.2 Å².